The number of rotatable bonds is 3. The van der Waals surface area contributed by atoms with Crippen LogP contribution >= 0.6 is 0 Å². The monoisotopic (exact) mass is 329 g/mol. The van der Waals surface area contributed by atoms with Crippen LogP contribution in [-0.4, -0.2) is 18.6 Å². The van der Waals surface area contributed by atoms with Gasteiger partial charge >= 0.3 is 6.18 Å². The van der Waals surface area contributed by atoms with Crippen LogP contribution in [0.2, 0.25) is 0 Å². The molecule has 1 fully saturated rings. The lowest BCUT2D eigenvalue weighted by atomic mass is 9.94. The molecule has 1 aliphatic carbocycles. The Bertz CT molecular complexity index is 539. The summed E-state index contributed by atoms with van der Waals surface area (Å²) in [6, 6.07) is 4.50. The lowest BCUT2D eigenvalue weighted by Gasteiger charge is -2.27. The van der Waals surface area contributed by atoms with E-state index in [4.69, 9.17) is 0 Å². The molecule has 2 aliphatic rings. The van der Waals surface area contributed by atoms with Crippen LogP contribution in [0.5, 0.6) is 0 Å². The van der Waals surface area contributed by atoms with Crippen molar-refractivity contribution in [3.63, 3.8) is 0 Å². The van der Waals surface area contributed by atoms with E-state index in [1.807, 2.05) is 0 Å². The summed E-state index contributed by atoms with van der Waals surface area (Å²) in [6.07, 6.45) is 0.0262. The Kier molecular flexibility index (Phi) is 5.55. The topological polar surface area (TPSA) is 38.3 Å². The Hall–Kier alpha value is -1.72. The molecule has 3 rings (SSSR count). The first-order valence-electron chi connectivity index (χ1n) is 7.87. The Morgan fingerprint density at radius 1 is 1.26 bits per heavy atom. The highest BCUT2D eigenvalue weighted by atomic mass is 19.4. The summed E-state index contributed by atoms with van der Waals surface area (Å²) in [5.41, 5.74) is 1.15. The predicted octanol–water partition coefficient (Wildman–Crippen LogP) is 4.41. The minimum atomic E-state index is -4.23. The van der Waals surface area contributed by atoms with E-state index in [1.165, 1.54) is 25.0 Å². The summed E-state index contributed by atoms with van der Waals surface area (Å²) < 4.78 is 42.0. The number of halogens is 3. The maximum absolute atomic E-state index is 12.6. The van der Waals surface area contributed by atoms with Gasteiger partial charge in [-0.05, 0) is 69.2 Å². The van der Waals surface area contributed by atoms with Gasteiger partial charge in [-0.2, -0.15) is 13.2 Å². The third-order valence-electron chi connectivity index (χ3n) is 4.02. The highest BCUT2D eigenvalue weighted by molar-refractivity contribution is 5.56. The van der Waals surface area contributed by atoms with E-state index in [1.54, 1.807) is 19.9 Å². The molecular weight excluding hydrogens is 307 g/mol. The maximum Gasteiger partial charge on any atom is 0.416 e. The maximum atomic E-state index is 12.6. The SMILES string of the molecule is CC(C)OC=O.FC(F)(F)c1ccc2c(c1)CCC(C1CC1)N2. The van der Waals surface area contributed by atoms with E-state index in [0.717, 1.165) is 30.0 Å². The Morgan fingerprint density at radius 3 is 2.43 bits per heavy atom. The number of nitrogens with one attached hydrogen (secondary N) is 1. The molecule has 1 aliphatic heterocycles. The molecule has 1 aromatic carbocycles. The van der Waals surface area contributed by atoms with Gasteiger partial charge in [0.2, 0.25) is 0 Å². The van der Waals surface area contributed by atoms with Gasteiger partial charge in [-0.1, -0.05) is 0 Å². The van der Waals surface area contributed by atoms with Gasteiger partial charge in [0.15, 0.2) is 0 Å². The van der Waals surface area contributed by atoms with E-state index in [0.29, 0.717) is 12.5 Å². The number of aryl methyl sites for hydroxylation is 1. The van der Waals surface area contributed by atoms with Crippen LogP contribution in [0.15, 0.2) is 18.2 Å². The smallest absolute Gasteiger partial charge is 0.416 e. The zero-order valence-electron chi connectivity index (χ0n) is 13.3. The molecule has 128 valence electrons. The van der Waals surface area contributed by atoms with E-state index in [2.05, 4.69) is 10.1 Å². The van der Waals surface area contributed by atoms with Crippen LogP contribution < -0.4 is 5.32 Å². The van der Waals surface area contributed by atoms with Crippen molar-refractivity contribution >= 4 is 12.2 Å². The fourth-order valence-electron chi connectivity index (χ4n) is 2.66. The zero-order valence-corrected chi connectivity index (χ0v) is 13.3. The first-order chi connectivity index (χ1) is 10.8. The Balaban J connectivity index is 0.000000277. The number of anilines is 1. The van der Waals surface area contributed by atoms with E-state index in [9.17, 15) is 18.0 Å². The molecule has 1 saturated carbocycles. The quantitative estimate of drug-likeness (QED) is 0.835. The minimum absolute atomic E-state index is 0.0301. The second-order valence-corrected chi connectivity index (χ2v) is 6.28. The van der Waals surface area contributed by atoms with Crippen LogP contribution in [0.4, 0.5) is 18.9 Å². The van der Waals surface area contributed by atoms with Crippen molar-refractivity contribution in [3.8, 4) is 0 Å². The molecule has 23 heavy (non-hydrogen) atoms. The third-order valence-corrected chi connectivity index (χ3v) is 4.02. The predicted molar refractivity (Wildman–Crippen MR) is 82.2 cm³/mol. The van der Waals surface area contributed by atoms with Crippen LogP contribution in [0.3, 0.4) is 0 Å². The number of ether oxygens (including phenoxy) is 1. The molecule has 1 heterocycles. The molecule has 1 N–H and O–H groups in total. The number of benzene rings is 1. The first kappa shape index (κ1) is 17.6. The lowest BCUT2D eigenvalue weighted by Crippen LogP contribution is -2.27. The summed E-state index contributed by atoms with van der Waals surface area (Å²) in [7, 11) is 0. The molecule has 0 amide bonds. The molecule has 0 aromatic heterocycles. The van der Waals surface area contributed by atoms with Crippen molar-refractivity contribution in [1.29, 1.82) is 0 Å². The van der Waals surface area contributed by atoms with Crippen LogP contribution in [0.25, 0.3) is 0 Å². The molecule has 0 spiro atoms. The largest absolute Gasteiger partial charge is 0.465 e. The molecule has 1 aromatic rings. The number of hydrogen-bond donors (Lipinski definition) is 1. The number of carbonyl (C=O) groups is 1. The van der Waals surface area contributed by atoms with Gasteiger partial charge in [0, 0.05) is 11.7 Å². The number of hydrogen-bond acceptors (Lipinski definition) is 3. The summed E-state index contributed by atoms with van der Waals surface area (Å²) >= 11 is 0. The van der Waals surface area contributed by atoms with Crippen molar-refractivity contribution in [2.45, 2.75) is 57.9 Å². The molecule has 6 heteroatoms. The summed E-state index contributed by atoms with van der Waals surface area (Å²) in [6.45, 7) is 4.05. The summed E-state index contributed by atoms with van der Waals surface area (Å²) in [5.74, 6) is 0.741. The summed E-state index contributed by atoms with van der Waals surface area (Å²) in [4.78, 5) is 9.39. The number of alkyl halides is 3. The standard InChI is InChI=1S/C13H14F3N.C4H8O2/c14-13(15,16)10-4-6-12-9(7-10)3-5-11(17-12)8-1-2-8;1-4(2)6-3-5/h4,6-8,11,17H,1-3,5H2;3-4H,1-2H3. The van der Waals surface area contributed by atoms with Crippen LogP contribution in [-0.2, 0) is 22.1 Å². The van der Waals surface area contributed by atoms with E-state index >= 15 is 0 Å². The minimum Gasteiger partial charge on any atom is -0.465 e. The Morgan fingerprint density at radius 2 is 1.96 bits per heavy atom. The zero-order chi connectivity index (χ0) is 17.0. The number of carbonyl (C=O) groups excluding carboxylic acids is 1. The van der Waals surface area contributed by atoms with Gasteiger partial charge in [0.05, 0.1) is 11.7 Å². The molecule has 1 atom stereocenters. The highest BCUT2D eigenvalue weighted by Crippen LogP contribution is 2.40. The van der Waals surface area contributed by atoms with Crippen molar-refractivity contribution in [2.75, 3.05) is 5.32 Å². The van der Waals surface area contributed by atoms with Gasteiger partial charge in [0.25, 0.3) is 6.47 Å². The van der Waals surface area contributed by atoms with Gasteiger partial charge in [-0.15, -0.1) is 0 Å². The van der Waals surface area contributed by atoms with Gasteiger partial charge in [0.1, 0.15) is 0 Å². The van der Waals surface area contributed by atoms with E-state index in [-0.39, 0.29) is 6.10 Å². The van der Waals surface area contributed by atoms with Gasteiger partial charge < -0.3 is 10.1 Å². The third kappa shape index (κ3) is 5.15. The van der Waals surface area contributed by atoms with Crippen LogP contribution in [0, 0.1) is 5.92 Å². The molecular formula is C17H22F3NO2. The normalized spacial score (nSPS) is 20.0. The van der Waals surface area contributed by atoms with Crippen LogP contribution in [0.1, 0.15) is 44.2 Å². The van der Waals surface area contributed by atoms with Crippen molar-refractivity contribution < 1.29 is 22.7 Å². The highest BCUT2D eigenvalue weighted by Gasteiger charge is 2.35. The van der Waals surface area contributed by atoms with Crippen molar-refractivity contribution in [1.82, 2.24) is 0 Å². The molecule has 3 nitrogen and oxygen atoms in total. The first-order valence-corrected chi connectivity index (χ1v) is 7.87. The second-order valence-electron chi connectivity index (χ2n) is 6.28. The molecule has 0 bridgehead atoms. The molecule has 1 unspecified atom stereocenters. The number of fused-ring (bicyclic) bond motifs is 1. The summed E-state index contributed by atoms with van der Waals surface area (Å²) in [5, 5.41) is 3.37. The van der Waals surface area contributed by atoms with Gasteiger partial charge in [-0.3, -0.25) is 4.79 Å². The van der Waals surface area contributed by atoms with Gasteiger partial charge in [-0.25, -0.2) is 0 Å². The lowest BCUT2D eigenvalue weighted by molar-refractivity contribution is -0.137. The van der Waals surface area contributed by atoms with E-state index < -0.39 is 11.7 Å². The second kappa shape index (κ2) is 7.23. The molecule has 0 radical (unpaired) electrons. The fourth-order valence-corrected chi connectivity index (χ4v) is 2.66. The average molecular weight is 329 g/mol. The Labute approximate surface area is 134 Å². The fraction of sp³-hybridized carbons (Fsp3) is 0.588. The van der Waals surface area contributed by atoms with Crippen molar-refractivity contribution in [2.24, 2.45) is 5.92 Å². The molecule has 0 saturated heterocycles. The average Bonchev–Trinajstić information content (AvgIpc) is 3.30. The van der Waals surface area contributed by atoms with Crippen molar-refractivity contribution in [3.05, 3.63) is 29.3 Å².